The number of nitrogens with one attached hydrogen (secondary N) is 2. The highest BCUT2D eigenvalue weighted by molar-refractivity contribution is 5.91. The molecule has 6 heteroatoms. The molecule has 0 saturated carbocycles. The lowest BCUT2D eigenvalue weighted by Gasteiger charge is -2.32. The van der Waals surface area contributed by atoms with Gasteiger partial charge in [-0.1, -0.05) is 13.0 Å². The molecule has 4 nitrogen and oxygen atoms in total. The number of hydrogen-bond donors (Lipinski definition) is 2. The van der Waals surface area contributed by atoms with E-state index >= 15 is 0 Å². The average molecular weight is 388 g/mol. The summed E-state index contributed by atoms with van der Waals surface area (Å²) in [6.45, 7) is 6.73. The third-order valence-electron chi connectivity index (χ3n) is 5.22. The molecule has 2 saturated heterocycles. The Morgan fingerprint density at radius 2 is 2.00 bits per heavy atom. The number of piperidine rings is 1. The number of hydrogen-bond acceptors (Lipinski definition) is 3. The van der Waals surface area contributed by atoms with Crippen molar-refractivity contribution in [3.8, 4) is 0 Å². The maximum Gasteiger partial charge on any atom is 0.224 e. The van der Waals surface area contributed by atoms with Crippen molar-refractivity contribution in [1.29, 1.82) is 0 Å². The molecule has 142 valence electrons. The molecule has 1 unspecified atom stereocenters. The van der Waals surface area contributed by atoms with Crippen molar-refractivity contribution in [3.05, 3.63) is 24.3 Å². The minimum Gasteiger partial charge on any atom is -0.371 e. The largest absolute Gasteiger partial charge is 0.371 e. The van der Waals surface area contributed by atoms with Gasteiger partial charge in [-0.2, -0.15) is 0 Å². The van der Waals surface area contributed by atoms with Crippen molar-refractivity contribution in [2.75, 3.05) is 36.4 Å². The lowest BCUT2D eigenvalue weighted by Crippen LogP contribution is -2.32. The molecule has 2 aliphatic rings. The van der Waals surface area contributed by atoms with Crippen molar-refractivity contribution in [1.82, 2.24) is 5.32 Å². The highest BCUT2D eigenvalue weighted by Crippen LogP contribution is 2.25. The molecule has 25 heavy (non-hydrogen) atoms. The molecule has 1 aromatic carbocycles. The Labute approximate surface area is 163 Å². The van der Waals surface area contributed by atoms with Crippen LogP contribution in [0.5, 0.6) is 0 Å². The molecule has 2 N–H and O–H groups in total. The zero-order chi connectivity index (χ0) is 16.1. The van der Waals surface area contributed by atoms with Crippen LogP contribution in [0.2, 0.25) is 0 Å². The van der Waals surface area contributed by atoms with Crippen LogP contribution in [0.25, 0.3) is 0 Å². The molecular weight excluding hydrogens is 357 g/mol. The lowest BCUT2D eigenvalue weighted by atomic mass is 9.99. The van der Waals surface area contributed by atoms with E-state index in [-0.39, 0.29) is 30.7 Å². The van der Waals surface area contributed by atoms with Crippen LogP contribution in [0, 0.1) is 11.8 Å². The number of anilines is 2. The smallest absolute Gasteiger partial charge is 0.224 e. The highest BCUT2D eigenvalue weighted by Gasteiger charge is 2.17. The normalized spacial score (nSPS) is 20.5. The monoisotopic (exact) mass is 387 g/mol. The summed E-state index contributed by atoms with van der Waals surface area (Å²) in [4.78, 5) is 14.6. The molecule has 0 bridgehead atoms. The predicted octanol–water partition coefficient (Wildman–Crippen LogP) is 4.09. The molecule has 0 aromatic heterocycles. The molecule has 2 fully saturated rings. The van der Waals surface area contributed by atoms with E-state index in [2.05, 4.69) is 34.6 Å². The highest BCUT2D eigenvalue weighted by atomic mass is 35.5. The van der Waals surface area contributed by atoms with Crippen LogP contribution in [-0.2, 0) is 4.79 Å². The fraction of sp³-hybridized carbons (Fsp3) is 0.632. The van der Waals surface area contributed by atoms with Gasteiger partial charge in [-0.15, -0.1) is 24.8 Å². The van der Waals surface area contributed by atoms with Crippen LogP contribution >= 0.6 is 24.8 Å². The zero-order valence-corrected chi connectivity index (χ0v) is 16.6. The fourth-order valence-electron chi connectivity index (χ4n) is 3.57. The summed E-state index contributed by atoms with van der Waals surface area (Å²) in [5.41, 5.74) is 2.16. The van der Waals surface area contributed by atoms with E-state index in [1.165, 1.54) is 24.9 Å². The molecule has 0 aliphatic carbocycles. The Kier molecular flexibility index (Phi) is 9.62. The van der Waals surface area contributed by atoms with Gasteiger partial charge in [0, 0.05) is 30.9 Å². The van der Waals surface area contributed by atoms with E-state index in [0.717, 1.165) is 44.2 Å². The molecule has 2 aliphatic heterocycles. The van der Waals surface area contributed by atoms with Crippen LogP contribution in [0.3, 0.4) is 0 Å². The average Bonchev–Trinajstić information content (AvgIpc) is 3.07. The number of benzene rings is 1. The Morgan fingerprint density at radius 3 is 2.68 bits per heavy atom. The lowest BCUT2D eigenvalue weighted by molar-refractivity contribution is -0.116. The fourth-order valence-corrected chi connectivity index (χ4v) is 3.57. The van der Waals surface area contributed by atoms with Gasteiger partial charge in [0.2, 0.25) is 5.91 Å². The first-order chi connectivity index (χ1) is 11.2. The Hall–Kier alpha value is -0.970. The van der Waals surface area contributed by atoms with E-state index in [1.807, 2.05) is 12.1 Å². The molecule has 0 radical (unpaired) electrons. The zero-order valence-electron chi connectivity index (χ0n) is 15.0. The summed E-state index contributed by atoms with van der Waals surface area (Å²) in [6, 6.07) is 8.30. The topological polar surface area (TPSA) is 44.4 Å². The number of amides is 1. The summed E-state index contributed by atoms with van der Waals surface area (Å²) in [6.07, 6.45) is 5.33. The standard InChI is InChI=1S/C19H29N3O.2ClH/c1-15-8-11-22(12-9-15)18-4-2-3-17(13-18)21-19(23)6-5-16-7-10-20-14-16;;/h2-4,13,15-16,20H,5-12,14H2,1H3,(H,21,23);2*1H. The van der Waals surface area contributed by atoms with Gasteiger partial charge in [0.25, 0.3) is 0 Å². The summed E-state index contributed by atoms with van der Waals surface area (Å²) >= 11 is 0. The van der Waals surface area contributed by atoms with Gasteiger partial charge in [-0.05, 0) is 68.8 Å². The maximum absolute atomic E-state index is 12.2. The Balaban J connectivity index is 0.00000156. The van der Waals surface area contributed by atoms with Gasteiger partial charge in [-0.3, -0.25) is 4.79 Å². The van der Waals surface area contributed by atoms with Gasteiger partial charge in [-0.25, -0.2) is 0 Å². The van der Waals surface area contributed by atoms with Gasteiger partial charge in [0.1, 0.15) is 0 Å². The third kappa shape index (κ3) is 6.69. The molecular formula is C19H31Cl2N3O. The number of carbonyl (C=O) groups excluding carboxylic acids is 1. The van der Waals surface area contributed by atoms with Crippen LogP contribution in [-0.4, -0.2) is 32.1 Å². The van der Waals surface area contributed by atoms with Crippen molar-refractivity contribution in [2.45, 2.75) is 39.0 Å². The first-order valence-electron chi connectivity index (χ1n) is 9.06. The molecule has 2 heterocycles. The van der Waals surface area contributed by atoms with E-state index < -0.39 is 0 Å². The van der Waals surface area contributed by atoms with Gasteiger partial charge < -0.3 is 15.5 Å². The van der Waals surface area contributed by atoms with Gasteiger partial charge in [0.05, 0.1) is 0 Å². The maximum atomic E-state index is 12.2. The molecule has 3 rings (SSSR count). The SMILES string of the molecule is CC1CCN(c2cccc(NC(=O)CCC3CCNC3)c2)CC1.Cl.Cl. The Morgan fingerprint density at radius 1 is 1.24 bits per heavy atom. The first-order valence-corrected chi connectivity index (χ1v) is 9.06. The van der Waals surface area contributed by atoms with E-state index in [0.29, 0.717) is 12.3 Å². The van der Waals surface area contributed by atoms with Crippen LogP contribution in [0.1, 0.15) is 39.0 Å². The van der Waals surface area contributed by atoms with Crippen molar-refractivity contribution < 1.29 is 4.79 Å². The second-order valence-electron chi connectivity index (χ2n) is 7.17. The van der Waals surface area contributed by atoms with E-state index in [4.69, 9.17) is 0 Å². The van der Waals surface area contributed by atoms with Gasteiger partial charge in [0.15, 0.2) is 0 Å². The molecule has 1 atom stereocenters. The van der Waals surface area contributed by atoms with E-state index in [9.17, 15) is 4.79 Å². The second-order valence-corrected chi connectivity index (χ2v) is 7.17. The molecule has 0 spiro atoms. The number of rotatable bonds is 5. The minimum absolute atomic E-state index is 0. The number of carbonyl (C=O) groups is 1. The molecule has 1 amide bonds. The summed E-state index contributed by atoms with van der Waals surface area (Å²) in [7, 11) is 0. The third-order valence-corrected chi connectivity index (χ3v) is 5.22. The van der Waals surface area contributed by atoms with Crippen LogP contribution < -0.4 is 15.5 Å². The summed E-state index contributed by atoms with van der Waals surface area (Å²) in [5, 5.41) is 6.42. The van der Waals surface area contributed by atoms with Crippen LogP contribution in [0.4, 0.5) is 11.4 Å². The first kappa shape index (κ1) is 22.1. The Bertz CT molecular complexity index is 527. The predicted molar refractivity (Wildman–Crippen MR) is 110 cm³/mol. The minimum atomic E-state index is 0. The second kappa shape index (κ2) is 10.9. The quantitative estimate of drug-likeness (QED) is 0.799. The van der Waals surface area contributed by atoms with Crippen molar-refractivity contribution in [3.63, 3.8) is 0 Å². The molecule has 1 aromatic rings. The number of nitrogens with zero attached hydrogens (tertiary/aromatic N) is 1. The summed E-state index contributed by atoms with van der Waals surface area (Å²) in [5.74, 6) is 1.64. The van der Waals surface area contributed by atoms with E-state index in [1.54, 1.807) is 0 Å². The number of halogens is 2. The van der Waals surface area contributed by atoms with Crippen LogP contribution in [0.15, 0.2) is 24.3 Å². The van der Waals surface area contributed by atoms with Gasteiger partial charge >= 0.3 is 0 Å². The van der Waals surface area contributed by atoms with Crippen molar-refractivity contribution >= 4 is 42.1 Å². The summed E-state index contributed by atoms with van der Waals surface area (Å²) < 4.78 is 0. The van der Waals surface area contributed by atoms with Crippen molar-refractivity contribution in [2.24, 2.45) is 11.8 Å².